The molecule has 2 aromatic rings. The molecular weight excluding hydrogens is 294 g/mol. The highest BCUT2D eigenvalue weighted by Crippen LogP contribution is 2.29. The van der Waals surface area contributed by atoms with Gasteiger partial charge in [0.05, 0.1) is 16.5 Å². The van der Waals surface area contributed by atoms with E-state index in [0.717, 1.165) is 5.52 Å². The van der Waals surface area contributed by atoms with Gasteiger partial charge in [-0.15, -0.1) is 11.6 Å². The first-order chi connectivity index (χ1) is 9.45. The molecule has 1 aromatic heterocycles. The van der Waals surface area contributed by atoms with E-state index in [2.05, 4.69) is 11.1 Å². The third kappa shape index (κ3) is 2.72. The van der Waals surface area contributed by atoms with Gasteiger partial charge in [-0.05, 0) is 26.0 Å². The van der Waals surface area contributed by atoms with Gasteiger partial charge in [0.25, 0.3) is 0 Å². The highest BCUT2D eigenvalue weighted by molar-refractivity contribution is 7.84. The molecule has 0 bridgehead atoms. The number of alkyl halides is 1. The molecule has 0 aliphatic rings. The molecule has 1 aromatic carbocycles. The smallest absolute Gasteiger partial charge is 0.128 e. The molecule has 0 fully saturated rings. The van der Waals surface area contributed by atoms with Crippen molar-refractivity contribution in [3.63, 3.8) is 0 Å². The maximum atomic E-state index is 11.5. The van der Waals surface area contributed by atoms with Gasteiger partial charge < -0.3 is 4.57 Å². The van der Waals surface area contributed by atoms with E-state index >= 15 is 0 Å². The van der Waals surface area contributed by atoms with E-state index in [4.69, 9.17) is 11.6 Å². The van der Waals surface area contributed by atoms with Crippen LogP contribution in [-0.2, 0) is 10.8 Å². The Kier molecular flexibility index (Phi) is 4.46. The average molecular weight is 310 g/mol. The number of halogens is 1. The molecule has 0 aliphatic carbocycles. The van der Waals surface area contributed by atoms with E-state index in [9.17, 15) is 9.47 Å². The Hall–Kier alpha value is -1.38. The van der Waals surface area contributed by atoms with Gasteiger partial charge in [-0.1, -0.05) is 6.07 Å². The first-order valence-corrected chi connectivity index (χ1v) is 8.47. The molecule has 6 heteroatoms. The van der Waals surface area contributed by atoms with Crippen LogP contribution >= 0.6 is 11.6 Å². The molecule has 0 aliphatic heterocycles. The van der Waals surface area contributed by atoms with Crippen molar-refractivity contribution in [2.75, 3.05) is 12.0 Å². The minimum absolute atomic E-state index is 0.0102. The number of rotatable bonds is 4. The van der Waals surface area contributed by atoms with E-state index in [1.165, 1.54) is 0 Å². The fraction of sp³-hybridized carbons (Fsp3) is 0.429. The Morgan fingerprint density at radius 2 is 2.20 bits per heavy atom. The minimum atomic E-state index is -0.909. The predicted molar refractivity (Wildman–Crippen MR) is 82.4 cm³/mol. The highest BCUT2D eigenvalue weighted by Gasteiger charge is 2.21. The van der Waals surface area contributed by atoms with E-state index in [1.54, 1.807) is 12.3 Å². The highest BCUT2D eigenvalue weighted by atomic mass is 35.5. The van der Waals surface area contributed by atoms with Crippen LogP contribution in [0, 0.1) is 11.3 Å². The Morgan fingerprint density at radius 1 is 1.50 bits per heavy atom. The molecule has 20 heavy (non-hydrogen) atoms. The zero-order valence-corrected chi connectivity index (χ0v) is 13.2. The van der Waals surface area contributed by atoms with Gasteiger partial charge in [0, 0.05) is 28.9 Å². The molecule has 106 valence electrons. The van der Waals surface area contributed by atoms with Gasteiger partial charge >= 0.3 is 0 Å². The number of para-hydroxylation sites is 1. The molecular formula is C14H16ClN3OS. The molecule has 4 nitrogen and oxygen atoms in total. The first kappa shape index (κ1) is 15.0. The van der Waals surface area contributed by atoms with Crippen molar-refractivity contribution in [3.05, 3.63) is 29.6 Å². The normalized spacial score (nSPS) is 15.8. The second kappa shape index (κ2) is 5.94. The van der Waals surface area contributed by atoms with E-state index < -0.39 is 10.8 Å². The fourth-order valence-corrected chi connectivity index (χ4v) is 3.37. The molecule has 0 radical (unpaired) electrons. The van der Waals surface area contributed by atoms with E-state index in [-0.39, 0.29) is 11.4 Å². The summed E-state index contributed by atoms with van der Waals surface area (Å²) in [6, 6.07) is 7.65. The molecule has 0 saturated heterocycles. The molecule has 0 N–H and O–H groups in total. The average Bonchev–Trinajstić information content (AvgIpc) is 2.77. The summed E-state index contributed by atoms with van der Waals surface area (Å²) in [7, 11) is -0.909. The zero-order valence-electron chi connectivity index (χ0n) is 11.6. The van der Waals surface area contributed by atoms with Gasteiger partial charge in [-0.3, -0.25) is 4.21 Å². The van der Waals surface area contributed by atoms with Crippen LogP contribution in [0.3, 0.4) is 0 Å². The summed E-state index contributed by atoms with van der Waals surface area (Å²) in [5.41, 5.74) is 2.06. The number of nitriles is 1. The number of hydrogen-bond donors (Lipinski definition) is 0. The maximum Gasteiger partial charge on any atom is 0.128 e. The van der Waals surface area contributed by atoms with Crippen LogP contribution in [0.25, 0.3) is 11.0 Å². The van der Waals surface area contributed by atoms with Gasteiger partial charge in [0.15, 0.2) is 0 Å². The summed E-state index contributed by atoms with van der Waals surface area (Å²) in [5, 5.41) is 8.90. The lowest BCUT2D eigenvalue weighted by molar-refractivity contribution is 0.583. The number of nitrogens with zero attached hydrogens (tertiary/aromatic N) is 3. The van der Waals surface area contributed by atoms with Crippen molar-refractivity contribution in [3.8, 4) is 6.07 Å². The van der Waals surface area contributed by atoms with Gasteiger partial charge in [-0.2, -0.15) is 5.26 Å². The van der Waals surface area contributed by atoms with E-state index in [0.29, 0.717) is 22.7 Å². The Labute approximate surface area is 125 Å². The van der Waals surface area contributed by atoms with Crippen molar-refractivity contribution in [2.24, 2.45) is 0 Å². The van der Waals surface area contributed by atoms with Crippen LogP contribution in [-0.4, -0.2) is 25.8 Å². The van der Waals surface area contributed by atoms with Crippen molar-refractivity contribution in [1.29, 1.82) is 5.26 Å². The monoisotopic (exact) mass is 309 g/mol. The zero-order chi connectivity index (χ0) is 14.9. The van der Waals surface area contributed by atoms with Gasteiger partial charge in [0.2, 0.25) is 0 Å². The lowest BCUT2D eigenvalue weighted by atomic mass is 10.2. The molecule has 2 rings (SSSR count). The first-order valence-electron chi connectivity index (χ1n) is 6.30. The second-order valence-electron chi connectivity index (χ2n) is 4.83. The second-order valence-corrected chi connectivity index (χ2v) is 6.96. The van der Waals surface area contributed by atoms with E-state index in [1.807, 2.05) is 30.5 Å². The van der Waals surface area contributed by atoms with Crippen LogP contribution in [0.2, 0.25) is 0 Å². The lowest BCUT2D eigenvalue weighted by Gasteiger charge is -2.17. The number of hydrogen-bond acceptors (Lipinski definition) is 3. The number of aromatic nitrogens is 2. The molecule has 0 spiro atoms. The van der Waals surface area contributed by atoms with Crippen LogP contribution in [0.5, 0.6) is 0 Å². The van der Waals surface area contributed by atoms with Crippen molar-refractivity contribution in [1.82, 2.24) is 9.55 Å². The summed E-state index contributed by atoms with van der Waals surface area (Å²) in [6.45, 7) is 3.84. The minimum Gasteiger partial charge on any atom is -0.323 e. The number of fused-ring (bicyclic) bond motifs is 1. The summed E-state index contributed by atoms with van der Waals surface area (Å²) in [5.74, 6) is 1.24. The third-order valence-electron chi connectivity index (χ3n) is 3.14. The van der Waals surface area contributed by atoms with Gasteiger partial charge in [-0.25, -0.2) is 4.98 Å². The van der Waals surface area contributed by atoms with Crippen LogP contribution < -0.4 is 0 Å². The van der Waals surface area contributed by atoms with Crippen LogP contribution in [0.4, 0.5) is 0 Å². The largest absolute Gasteiger partial charge is 0.323 e. The predicted octanol–water partition coefficient (Wildman–Crippen LogP) is 3.15. The SMILES string of the molecule is CC(Cl)c1nc2c(C#N)cccc2n1C(C)CS(C)=O. The lowest BCUT2D eigenvalue weighted by Crippen LogP contribution is -2.15. The summed E-state index contributed by atoms with van der Waals surface area (Å²) >= 11 is 6.21. The van der Waals surface area contributed by atoms with Crippen molar-refractivity contribution >= 4 is 33.4 Å². The maximum absolute atomic E-state index is 11.5. The quantitative estimate of drug-likeness (QED) is 0.815. The Balaban J connectivity index is 2.70. The Bertz CT molecular complexity index is 702. The topological polar surface area (TPSA) is 58.7 Å². The standard InChI is InChI=1S/C14H16ClN3OS/c1-9(8-20(3)19)18-12-6-4-5-11(7-16)13(12)17-14(18)10(2)15/h4-6,9-10H,8H2,1-3H3. The molecule has 3 unspecified atom stereocenters. The fourth-order valence-electron chi connectivity index (χ4n) is 2.38. The summed E-state index contributed by atoms with van der Waals surface area (Å²) < 4.78 is 13.5. The van der Waals surface area contributed by atoms with Crippen LogP contribution in [0.15, 0.2) is 18.2 Å². The molecule has 3 atom stereocenters. The molecule has 0 amide bonds. The van der Waals surface area contributed by atoms with Crippen LogP contribution in [0.1, 0.15) is 36.7 Å². The van der Waals surface area contributed by atoms with Crippen molar-refractivity contribution < 1.29 is 4.21 Å². The number of benzene rings is 1. The molecule has 0 saturated carbocycles. The van der Waals surface area contributed by atoms with Gasteiger partial charge in [0.1, 0.15) is 17.4 Å². The van der Waals surface area contributed by atoms with Crippen molar-refractivity contribution in [2.45, 2.75) is 25.3 Å². The summed E-state index contributed by atoms with van der Waals surface area (Å²) in [4.78, 5) is 4.52. The third-order valence-corrected chi connectivity index (χ3v) is 4.29. The Morgan fingerprint density at radius 3 is 2.75 bits per heavy atom. The summed E-state index contributed by atoms with van der Waals surface area (Å²) in [6.07, 6.45) is 1.68. The number of imidazole rings is 1. The molecule has 1 heterocycles.